The lowest BCUT2D eigenvalue weighted by atomic mass is 9.84. The second-order valence-electron chi connectivity index (χ2n) is 19.7. The number of aromatic nitrogens is 4. The first kappa shape index (κ1) is 52.9. The van der Waals surface area contributed by atoms with Crippen LogP contribution in [0.5, 0.6) is 11.5 Å². The summed E-state index contributed by atoms with van der Waals surface area (Å²) in [5, 5.41) is 18.5. The molecule has 6 aromatic carbocycles. The molecule has 0 saturated heterocycles. The number of nitrogens with one attached hydrogen (secondary N) is 2. The summed E-state index contributed by atoms with van der Waals surface area (Å²) in [4.78, 5) is 80.2. The van der Waals surface area contributed by atoms with Crippen molar-refractivity contribution in [2.75, 3.05) is 67.1 Å². The first-order valence-corrected chi connectivity index (χ1v) is 29.4. The number of methoxy groups -OCH3 is 1. The Balaban J connectivity index is 0.807. The number of nitrogens with two attached hydrogens (primary N) is 1. The van der Waals surface area contributed by atoms with Gasteiger partial charge in [-0.15, -0.1) is 22.7 Å². The lowest BCUT2D eigenvalue weighted by Crippen LogP contribution is -2.39. The molecule has 10 aromatic rings. The van der Waals surface area contributed by atoms with Crippen LogP contribution in [0.1, 0.15) is 67.7 Å². The Morgan fingerprint density at radius 1 is 0.691 bits per heavy atom. The van der Waals surface area contributed by atoms with Crippen molar-refractivity contribution in [3.05, 3.63) is 160 Å². The van der Waals surface area contributed by atoms with Crippen molar-refractivity contribution >= 4 is 117 Å². The molecule has 12 rings (SSSR count). The number of hydrogen-bond donors (Lipinski definition) is 4. The van der Waals surface area contributed by atoms with Crippen molar-refractivity contribution in [1.82, 2.24) is 24.8 Å². The number of ether oxygens (including phenoxy) is 2. The summed E-state index contributed by atoms with van der Waals surface area (Å²) < 4.78 is 13.1. The minimum atomic E-state index is -1.12. The van der Waals surface area contributed by atoms with E-state index >= 15 is 0 Å². The van der Waals surface area contributed by atoms with Crippen molar-refractivity contribution in [1.29, 1.82) is 0 Å². The van der Waals surface area contributed by atoms with Crippen LogP contribution >= 0.6 is 45.3 Å². The molecule has 0 saturated carbocycles. The van der Waals surface area contributed by atoms with Gasteiger partial charge in [-0.2, -0.15) is 0 Å². The number of nitrogen functional groups attached to an aromatic ring is 1. The first-order chi connectivity index (χ1) is 39.3. The van der Waals surface area contributed by atoms with Crippen molar-refractivity contribution in [2.24, 2.45) is 0 Å². The second-order valence-corrected chi connectivity index (χ2v) is 23.8. The molecule has 2 aliphatic rings. The molecule has 0 bridgehead atoms. The Kier molecular flexibility index (Phi) is 14.6. The number of carboxylic acids is 1. The van der Waals surface area contributed by atoms with E-state index in [-0.39, 0.29) is 29.6 Å². The van der Waals surface area contributed by atoms with Crippen LogP contribution in [0.15, 0.2) is 127 Å². The van der Waals surface area contributed by atoms with E-state index in [2.05, 4.69) is 26.7 Å². The number of amides is 5. The van der Waals surface area contributed by atoms with Gasteiger partial charge in [-0.1, -0.05) is 71.2 Å². The highest BCUT2D eigenvalue weighted by Gasteiger charge is 2.33. The minimum Gasteiger partial charge on any atom is -0.497 e. The third kappa shape index (κ3) is 10.9. The molecule has 4 aromatic heterocycles. The van der Waals surface area contributed by atoms with Crippen molar-refractivity contribution in [2.45, 2.75) is 38.0 Å². The topological polar surface area (TPSA) is 218 Å². The molecule has 0 radical (unpaired) electrons. The van der Waals surface area contributed by atoms with Gasteiger partial charge in [-0.25, -0.2) is 34.3 Å². The molecule has 2 aliphatic heterocycles. The van der Waals surface area contributed by atoms with Crippen LogP contribution in [-0.4, -0.2) is 94.8 Å². The lowest BCUT2D eigenvalue weighted by Gasteiger charge is -2.34. The molecule has 17 nitrogen and oxygen atoms in total. The van der Waals surface area contributed by atoms with Gasteiger partial charge in [0.1, 0.15) is 27.2 Å². The Labute approximate surface area is 481 Å². The molecule has 1 unspecified atom stereocenters. The highest BCUT2D eigenvalue weighted by Crippen LogP contribution is 2.45. The number of carbonyl (C=O) groups excluding carboxylic acids is 3. The minimum absolute atomic E-state index is 0.0101. The number of aryl methyl sites for hydroxylation is 2. The maximum atomic E-state index is 14.4. The normalized spacial score (nSPS) is 13.9. The number of carbonyl (C=O) groups is 4. The molecule has 0 spiro atoms. The van der Waals surface area contributed by atoms with E-state index in [4.69, 9.17) is 25.2 Å². The van der Waals surface area contributed by atoms with Gasteiger partial charge < -0.3 is 25.2 Å². The Morgan fingerprint density at radius 2 is 1.38 bits per heavy atom. The monoisotopic (exact) mass is 1150 g/mol. The van der Waals surface area contributed by atoms with E-state index in [1.54, 1.807) is 43.1 Å². The smallest absolute Gasteiger partial charge is 0.355 e. The van der Waals surface area contributed by atoms with Crippen molar-refractivity contribution in [3.63, 3.8) is 0 Å². The zero-order chi connectivity index (χ0) is 55.9. The fraction of sp³-hybridized carbons (Fsp3) is 0.200. The Hall–Kier alpha value is -8.76. The molecular formula is C60H52N10O7S4. The Bertz CT molecular complexity index is 4040. The van der Waals surface area contributed by atoms with E-state index in [1.807, 2.05) is 109 Å². The number of para-hydroxylation sites is 1. The van der Waals surface area contributed by atoms with Gasteiger partial charge in [0.25, 0.3) is 5.91 Å². The van der Waals surface area contributed by atoms with Crippen molar-refractivity contribution < 1.29 is 33.8 Å². The average Bonchev–Trinajstić information content (AvgIpc) is 4.52. The zero-order valence-corrected chi connectivity index (χ0v) is 47.4. The molecule has 1 atom stereocenters. The third-order valence-electron chi connectivity index (χ3n) is 14.2. The average molecular weight is 1150 g/mol. The molecule has 408 valence electrons. The molecule has 21 heteroatoms. The molecule has 5 N–H and O–H groups in total. The van der Waals surface area contributed by atoms with E-state index in [9.17, 15) is 24.3 Å². The fourth-order valence-electron chi connectivity index (χ4n) is 10.2. The molecule has 0 fully saturated rings. The van der Waals surface area contributed by atoms with Gasteiger partial charge in [0.2, 0.25) is 0 Å². The van der Waals surface area contributed by atoms with Gasteiger partial charge >= 0.3 is 18.0 Å². The van der Waals surface area contributed by atoms with E-state index < -0.39 is 5.97 Å². The van der Waals surface area contributed by atoms with Gasteiger partial charge in [0, 0.05) is 72.2 Å². The number of carboxylic acid groups (broad SMARTS) is 1. The van der Waals surface area contributed by atoms with E-state index in [0.717, 1.165) is 71.7 Å². The summed E-state index contributed by atoms with van der Waals surface area (Å²) in [6, 6.07) is 39.9. The number of benzene rings is 6. The van der Waals surface area contributed by atoms with Crippen LogP contribution in [0.4, 0.5) is 36.9 Å². The number of anilines is 5. The predicted octanol–water partition coefficient (Wildman–Crippen LogP) is 13.4. The third-order valence-corrected chi connectivity index (χ3v) is 18.4. The largest absolute Gasteiger partial charge is 0.497 e. The summed E-state index contributed by atoms with van der Waals surface area (Å²) >= 11 is 5.54. The van der Waals surface area contributed by atoms with Crippen LogP contribution in [0.25, 0.3) is 52.0 Å². The van der Waals surface area contributed by atoms with E-state index in [1.165, 1.54) is 50.2 Å². The summed E-state index contributed by atoms with van der Waals surface area (Å²) in [5.74, 6) is -0.104. The lowest BCUT2D eigenvalue weighted by molar-refractivity contribution is 0.0689. The quantitative estimate of drug-likeness (QED) is 0.0590. The van der Waals surface area contributed by atoms with Gasteiger partial charge in [0.05, 0.1) is 39.0 Å². The summed E-state index contributed by atoms with van der Waals surface area (Å²) in [5.41, 5.74) is 15.1. The standard InChI is InChI=1S/C60H52N10O7S4/c1-68(2)55(71)51-52(34-17-21-39(76-3)22-18-34)81-54(65-51)36-16-15-33-9-7-26-69(45(33)29-36)59(74)67-58-63-44-24-20-35(31-49(44)80-58)41-25-27-70(60(75)66-57-62-43-12-4-5-13-47(43)79-57)46-30-37(19-23-42(41)46)53-64-50(56(72)73)48(78-53)14-8-28-77-40-11-6-10-38(61)32-40/h4-6,10-13,15-24,29-32,41H,7-9,14,25-28,61H2,1-3H3,(H,72,73)(H,62,66,75)(H,63,67,74). The van der Waals surface area contributed by atoms with Gasteiger partial charge in [-0.3, -0.25) is 25.2 Å². The first-order valence-electron chi connectivity index (χ1n) is 26.1. The van der Waals surface area contributed by atoms with Crippen molar-refractivity contribution in [3.8, 4) is 43.1 Å². The Morgan fingerprint density at radius 3 is 2.12 bits per heavy atom. The predicted molar refractivity (Wildman–Crippen MR) is 323 cm³/mol. The number of nitrogens with zero attached hydrogens (tertiary/aromatic N) is 7. The summed E-state index contributed by atoms with van der Waals surface area (Å²) in [7, 11) is 5.03. The van der Waals surface area contributed by atoms with Crippen LogP contribution in [-0.2, 0) is 12.8 Å². The molecule has 5 amide bonds. The second kappa shape index (κ2) is 22.4. The number of hydrogen-bond acceptors (Lipinski definition) is 15. The van der Waals surface area contributed by atoms with Crippen LogP contribution < -0.4 is 35.6 Å². The van der Waals surface area contributed by atoms with E-state index in [0.29, 0.717) is 98.2 Å². The molecular weight excluding hydrogens is 1100 g/mol. The number of urea groups is 2. The maximum absolute atomic E-state index is 14.4. The van der Waals surface area contributed by atoms with Crippen LogP contribution in [0.3, 0.4) is 0 Å². The number of rotatable bonds is 14. The number of thiazole rings is 4. The highest BCUT2D eigenvalue weighted by atomic mass is 32.1. The van der Waals surface area contributed by atoms with Crippen LogP contribution in [0, 0.1) is 0 Å². The molecule has 81 heavy (non-hydrogen) atoms. The molecule has 6 heterocycles. The summed E-state index contributed by atoms with van der Waals surface area (Å²) in [6.07, 6.45) is 3.18. The van der Waals surface area contributed by atoms with Gasteiger partial charge in [-0.05, 0) is 127 Å². The summed E-state index contributed by atoms with van der Waals surface area (Å²) in [6.45, 7) is 1.23. The highest BCUT2D eigenvalue weighted by molar-refractivity contribution is 7.22. The SMILES string of the molecule is COc1ccc(-c2sc(-c3ccc4c(c3)N(C(=O)Nc3nc5ccc(C6CCN(C(=O)Nc7nc8ccccc8s7)c7cc(-c8nc(C(=O)O)c(CCCOc9cccc(N)c9)s8)ccc76)cc5s3)CCC4)nc2C(=O)N(C)C)cc1. The fourth-order valence-corrected chi connectivity index (χ4v) is 14.2. The zero-order valence-electron chi connectivity index (χ0n) is 44.1. The van der Waals surface area contributed by atoms with Gasteiger partial charge in [0.15, 0.2) is 16.0 Å². The molecule has 0 aliphatic carbocycles. The number of fused-ring (bicyclic) bond motifs is 4. The maximum Gasteiger partial charge on any atom is 0.355 e. The number of aromatic carboxylic acids is 1. The van der Waals surface area contributed by atoms with Crippen LogP contribution in [0.2, 0.25) is 0 Å².